The fourth-order valence-corrected chi connectivity index (χ4v) is 12.3. The summed E-state index contributed by atoms with van der Waals surface area (Å²) in [4.78, 5) is 58.7. The van der Waals surface area contributed by atoms with Crippen LogP contribution in [0.3, 0.4) is 0 Å². The van der Waals surface area contributed by atoms with Gasteiger partial charge in [0.05, 0.1) is 36.3 Å². The smallest absolute Gasteiger partial charge is 0.328 e. The number of amides is 4. The molecular weight excluding hydrogens is 868 g/mol. The molecule has 0 radical (unpaired) electrons. The lowest BCUT2D eigenvalue weighted by Crippen LogP contribution is -2.49. The number of piperazine rings is 1. The highest BCUT2D eigenvalue weighted by molar-refractivity contribution is 8.78. The standard InChI is InChI=1S/C43H51FN10O8S2/c1-28-40(48-38-14-8-30(26-53(38)42(28)57)31-25-46-54(27-31)32-9-10-32)47-35-12-11-33(24-34(35)44)63(64(59,60)61)51-21-19-50(20-22-51)17-6-4-3-5-16-45-41(56)29-7-13-37(62-2)36(23-29)52-18-15-39(55)49-43(52)58/h7-8,11-14,23-27,32,47,63H,3-6,9-10,15-22H2,1-2H3,(H,45,56)(H,49,55,58)(H,59,60,61). The van der Waals surface area contributed by atoms with Crippen LogP contribution in [0.4, 0.5) is 26.4 Å². The Balaban J connectivity index is 0.801. The zero-order valence-electron chi connectivity index (χ0n) is 35.5. The molecule has 5 aromatic rings. The number of ether oxygens (including phenoxy) is 1. The largest absolute Gasteiger partial charge is 0.495 e. The number of methoxy groups -OCH3 is 1. The lowest BCUT2D eigenvalue weighted by molar-refractivity contribution is -0.120. The van der Waals surface area contributed by atoms with E-state index >= 15 is 4.39 Å². The van der Waals surface area contributed by atoms with Crippen LogP contribution in [0.2, 0.25) is 0 Å². The molecule has 4 N–H and O–H groups in total. The SMILES string of the molecule is COc1ccc(C(=O)NCCCCCCN2CCN([SH](c3ccc(Nc4nc5ccc(-c6cnn(C7CC7)c6)cn5c(=O)c4C)c(F)c3)S(=O)(=O)O)CC2)cc1N1CCC(=O)NC1=O. The fourth-order valence-electron chi connectivity index (χ4n) is 7.94. The van der Waals surface area contributed by atoms with E-state index in [0.29, 0.717) is 61.4 Å². The number of urea groups is 1. The van der Waals surface area contributed by atoms with Gasteiger partial charge in [0, 0.05) is 79.7 Å². The zero-order valence-corrected chi connectivity index (χ0v) is 37.2. The molecule has 2 aliphatic heterocycles. The van der Waals surface area contributed by atoms with Gasteiger partial charge in [-0.25, -0.2) is 18.5 Å². The third-order valence-electron chi connectivity index (χ3n) is 11.6. The number of nitrogens with zero attached hydrogens (tertiary/aromatic N) is 7. The van der Waals surface area contributed by atoms with Gasteiger partial charge < -0.3 is 20.3 Å². The Labute approximate surface area is 371 Å². The molecule has 8 rings (SSSR count). The summed E-state index contributed by atoms with van der Waals surface area (Å²) >= 11 is 0. The van der Waals surface area contributed by atoms with Crippen LogP contribution in [-0.4, -0.2) is 112 Å². The van der Waals surface area contributed by atoms with E-state index in [0.717, 1.165) is 62.3 Å². The van der Waals surface area contributed by atoms with Gasteiger partial charge in [0.15, 0.2) is 0 Å². The average molecular weight is 919 g/mol. The molecule has 5 heterocycles. The Morgan fingerprint density at radius 2 is 1.75 bits per heavy atom. The maximum atomic E-state index is 15.7. The average Bonchev–Trinajstić information content (AvgIpc) is 4.01. The first kappa shape index (κ1) is 44.7. The van der Waals surface area contributed by atoms with Crippen molar-refractivity contribution in [2.24, 2.45) is 0 Å². The number of fused-ring (bicyclic) bond motifs is 1. The van der Waals surface area contributed by atoms with E-state index in [2.05, 4.69) is 30.9 Å². The van der Waals surface area contributed by atoms with Gasteiger partial charge in [0.25, 0.3) is 11.5 Å². The number of carbonyl (C=O) groups excluding carboxylic acids is 3. The number of benzene rings is 2. The van der Waals surface area contributed by atoms with Crippen LogP contribution in [-0.2, 0) is 13.9 Å². The Hall–Kier alpha value is -5.87. The number of anilines is 3. The summed E-state index contributed by atoms with van der Waals surface area (Å²) in [6, 6.07) is 12.2. The molecule has 340 valence electrons. The van der Waals surface area contributed by atoms with Crippen molar-refractivity contribution in [2.75, 3.05) is 63.1 Å². The number of rotatable bonds is 17. The molecule has 64 heavy (non-hydrogen) atoms. The van der Waals surface area contributed by atoms with E-state index in [1.54, 1.807) is 47.9 Å². The summed E-state index contributed by atoms with van der Waals surface area (Å²) in [7, 11) is -5.44. The Morgan fingerprint density at radius 1 is 0.969 bits per heavy atom. The van der Waals surface area contributed by atoms with Crippen molar-refractivity contribution in [3.8, 4) is 16.9 Å². The molecule has 1 unspecified atom stereocenters. The minimum atomic E-state index is -4.59. The first-order valence-electron chi connectivity index (χ1n) is 21.2. The summed E-state index contributed by atoms with van der Waals surface area (Å²) in [6.07, 6.45) is 11.3. The number of aromatic nitrogens is 4. The molecule has 3 fully saturated rings. The van der Waals surface area contributed by atoms with Gasteiger partial charge in [-0.05, 0) is 97.8 Å². The summed E-state index contributed by atoms with van der Waals surface area (Å²) in [5, 5.41) is 12.6. The van der Waals surface area contributed by atoms with Gasteiger partial charge in [-0.2, -0.15) is 13.5 Å². The van der Waals surface area contributed by atoms with Crippen LogP contribution in [0.15, 0.2) is 76.8 Å². The first-order chi connectivity index (χ1) is 30.8. The Kier molecular flexibility index (Phi) is 13.3. The molecule has 18 nitrogen and oxygen atoms in total. The maximum Gasteiger partial charge on any atom is 0.328 e. The lowest BCUT2D eigenvalue weighted by Gasteiger charge is -2.39. The van der Waals surface area contributed by atoms with Gasteiger partial charge in [0.1, 0.15) is 23.0 Å². The predicted octanol–water partition coefficient (Wildman–Crippen LogP) is 5.22. The van der Waals surface area contributed by atoms with E-state index in [1.807, 2.05) is 16.9 Å². The number of hydrogen-bond donors (Lipinski definition) is 5. The van der Waals surface area contributed by atoms with Crippen LogP contribution in [0.25, 0.3) is 16.8 Å². The highest BCUT2D eigenvalue weighted by Gasteiger charge is 2.32. The molecule has 2 aromatic carbocycles. The third kappa shape index (κ3) is 10.1. The van der Waals surface area contributed by atoms with E-state index in [9.17, 15) is 32.1 Å². The van der Waals surface area contributed by atoms with Crippen LogP contribution in [0.5, 0.6) is 5.75 Å². The van der Waals surface area contributed by atoms with Crippen LogP contribution in [0.1, 0.15) is 66.9 Å². The molecule has 0 spiro atoms. The van der Waals surface area contributed by atoms with Gasteiger partial charge >= 0.3 is 15.2 Å². The van der Waals surface area contributed by atoms with Crippen LogP contribution < -0.4 is 31.1 Å². The number of imide groups is 1. The van der Waals surface area contributed by atoms with E-state index in [4.69, 9.17) is 4.74 Å². The van der Waals surface area contributed by atoms with Crippen molar-refractivity contribution >= 4 is 59.9 Å². The second kappa shape index (κ2) is 19.1. The number of hydrogen-bond acceptors (Lipinski definition) is 12. The van der Waals surface area contributed by atoms with Crippen molar-refractivity contribution in [1.29, 1.82) is 0 Å². The number of thiol groups is 1. The quantitative estimate of drug-likeness (QED) is 0.0351. The summed E-state index contributed by atoms with van der Waals surface area (Å²) in [5.74, 6) is -0.825. The maximum absolute atomic E-state index is 15.7. The molecule has 4 amide bonds. The molecule has 1 saturated carbocycles. The van der Waals surface area contributed by atoms with E-state index in [-0.39, 0.29) is 52.3 Å². The predicted molar refractivity (Wildman–Crippen MR) is 241 cm³/mol. The Bertz CT molecular complexity index is 2750. The fraction of sp³-hybridized carbons (Fsp3) is 0.395. The molecule has 2 saturated heterocycles. The van der Waals surface area contributed by atoms with Crippen molar-refractivity contribution in [3.63, 3.8) is 0 Å². The molecule has 21 heteroatoms. The van der Waals surface area contributed by atoms with Gasteiger partial charge in [-0.15, -0.1) is 0 Å². The second-order valence-corrected chi connectivity index (χ2v) is 21.0. The first-order valence-corrected chi connectivity index (χ1v) is 24.6. The highest BCUT2D eigenvalue weighted by atomic mass is 33.2. The van der Waals surface area contributed by atoms with Crippen molar-refractivity contribution in [3.05, 3.63) is 94.4 Å². The molecule has 0 bridgehead atoms. The van der Waals surface area contributed by atoms with Gasteiger partial charge in [-0.3, -0.25) is 38.2 Å². The van der Waals surface area contributed by atoms with E-state index < -0.39 is 31.1 Å². The lowest BCUT2D eigenvalue weighted by atomic mass is 10.1. The van der Waals surface area contributed by atoms with Crippen molar-refractivity contribution in [2.45, 2.75) is 62.8 Å². The minimum absolute atomic E-state index is 0.000859. The molecule has 1 atom stereocenters. The summed E-state index contributed by atoms with van der Waals surface area (Å²) in [6.45, 7) is 4.90. The normalized spacial score (nSPS) is 17.1. The molecular formula is C43H51FN10O8S2. The van der Waals surface area contributed by atoms with E-state index in [1.165, 1.54) is 28.5 Å². The summed E-state index contributed by atoms with van der Waals surface area (Å²) < 4.78 is 62.1. The van der Waals surface area contributed by atoms with Crippen molar-refractivity contribution in [1.82, 2.24) is 39.0 Å². The highest BCUT2D eigenvalue weighted by Crippen LogP contribution is 2.46. The monoisotopic (exact) mass is 918 g/mol. The number of nitrogens with one attached hydrogen (secondary N) is 3. The topological polar surface area (TPSA) is 213 Å². The van der Waals surface area contributed by atoms with Crippen LogP contribution in [0, 0.1) is 12.7 Å². The zero-order chi connectivity index (χ0) is 45.1. The molecule has 3 aromatic heterocycles. The minimum Gasteiger partial charge on any atom is -0.495 e. The molecule has 3 aliphatic rings. The molecule has 1 aliphatic carbocycles. The summed E-state index contributed by atoms with van der Waals surface area (Å²) in [5.41, 5.74) is 2.77. The van der Waals surface area contributed by atoms with Gasteiger partial charge in [0.2, 0.25) is 5.91 Å². The second-order valence-electron chi connectivity index (χ2n) is 16.1. The number of unbranched alkanes of at least 4 members (excludes halogenated alkanes) is 3. The Morgan fingerprint density at radius 3 is 2.47 bits per heavy atom. The van der Waals surface area contributed by atoms with Gasteiger partial charge in [-0.1, -0.05) is 12.8 Å². The van der Waals surface area contributed by atoms with Crippen LogP contribution >= 0.6 is 10.1 Å². The number of carbonyl (C=O) groups is 3. The number of pyridine rings is 1. The number of halogens is 1. The third-order valence-corrected chi connectivity index (χ3v) is 16.3. The van der Waals surface area contributed by atoms with Crippen molar-refractivity contribution < 1.29 is 36.5 Å².